The lowest BCUT2D eigenvalue weighted by Crippen LogP contribution is -2.49. The molecule has 0 saturated carbocycles. The summed E-state index contributed by atoms with van der Waals surface area (Å²) in [5, 5.41) is 15.7. The molecule has 1 atom stereocenters. The molecule has 1 aliphatic rings. The van der Waals surface area contributed by atoms with Crippen LogP contribution in [0.4, 0.5) is 0 Å². The molecular formula is C18H18N2O4S. The van der Waals surface area contributed by atoms with Crippen LogP contribution in [0.1, 0.15) is 27.9 Å². The first-order valence-corrected chi connectivity index (χ1v) is 8.90. The number of rotatable bonds is 5. The molecule has 7 heteroatoms. The van der Waals surface area contributed by atoms with Crippen molar-refractivity contribution in [2.75, 3.05) is 6.54 Å². The predicted octanol–water partition coefficient (Wildman–Crippen LogP) is 1.91. The van der Waals surface area contributed by atoms with Gasteiger partial charge in [-0.1, -0.05) is 24.3 Å². The number of benzene rings is 1. The number of hydrogen-bond donors (Lipinski definition) is 2. The van der Waals surface area contributed by atoms with Crippen LogP contribution in [0.5, 0.6) is 0 Å². The maximum Gasteiger partial charge on any atom is 0.326 e. The fourth-order valence-corrected chi connectivity index (χ4v) is 3.56. The highest BCUT2D eigenvalue weighted by atomic mass is 32.1. The highest BCUT2D eigenvalue weighted by Gasteiger charge is 2.34. The average molecular weight is 358 g/mol. The third kappa shape index (κ3) is 3.88. The normalized spacial score (nSPS) is 16.2. The Balaban J connectivity index is 1.62. The SMILES string of the molecule is O=C(NCCC(=O)N1Cc2ccccc2CC1C(=O)O)c1ccsc1. The van der Waals surface area contributed by atoms with Crippen LogP contribution in [0.2, 0.25) is 0 Å². The smallest absolute Gasteiger partial charge is 0.326 e. The lowest BCUT2D eigenvalue weighted by Gasteiger charge is -2.34. The molecule has 0 radical (unpaired) electrons. The van der Waals surface area contributed by atoms with Crippen molar-refractivity contribution in [3.63, 3.8) is 0 Å². The molecule has 130 valence electrons. The minimum Gasteiger partial charge on any atom is -0.480 e. The van der Waals surface area contributed by atoms with Gasteiger partial charge < -0.3 is 15.3 Å². The fourth-order valence-electron chi connectivity index (χ4n) is 2.93. The van der Waals surface area contributed by atoms with Gasteiger partial charge in [0.1, 0.15) is 6.04 Å². The number of fused-ring (bicyclic) bond motifs is 1. The van der Waals surface area contributed by atoms with Gasteiger partial charge in [0, 0.05) is 36.9 Å². The Hall–Kier alpha value is -2.67. The van der Waals surface area contributed by atoms with Crippen LogP contribution in [0.25, 0.3) is 0 Å². The molecule has 1 aliphatic heterocycles. The van der Waals surface area contributed by atoms with E-state index in [9.17, 15) is 19.5 Å². The zero-order valence-corrected chi connectivity index (χ0v) is 14.3. The zero-order chi connectivity index (χ0) is 17.8. The summed E-state index contributed by atoms with van der Waals surface area (Å²) >= 11 is 1.43. The van der Waals surface area contributed by atoms with Crippen LogP contribution in [0, 0.1) is 0 Å². The lowest BCUT2D eigenvalue weighted by molar-refractivity contribution is -0.151. The summed E-state index contributed by atoms with van der Waals surface area (Å²) in [5.74, 6) is -1.51. The minimum absolute atomic E-state index is 0.0713. The van der Waals surface area contributed by atoms with Gasteiger partial charge in [-0.15, -0.1) is 0 Å². The van der Waals surface area contributed by atoms with E-state index in [1.54, 1.807) is 11.4 Å². The molecule has 25 heavy (non-hydrogen) atoms. The molecule has 0 aliphatic carbocycles. The van der Waals surface area contributed by atoms with Crippen LogP contribution in [-0.2, 0) is 22.6 Å². The van der Waals surface area contributed by atoms with Gasteiger partial charge in [0.15, 0.2) is 0 Å². The van der Waals surface area contributed by atoms with E-state index in [1.807, 2.05) is 29.6 Å². The first-order valence-electron chi connectivity index (χ1n) is 7.95. The summed E-state index contributed by atoms with van der Waals surface area (Å²) in [7, 11) is 0. The monoisotopic (exact) mass is 358 g/mol. The summed E-state index contributed by atoms with van der Waals surface area (Å²) in [6, 6.07) is 8.40. The van der Waals surface area contributed by atoms with Gasteiger partial charge in [-0.25, -0.2) is 4.79 Å². The van der Waals surface area contributed by atoms with E-state index in [2.05, 4.69) is 5.32 Å². The maximum atomic E-state index is 12.5. The molecule has 0 saturated heterocycles. The van der Waals surface area contributed by atoms with Crippen molar-refractivity contribution >= 4 is 29.1 Å². The second kappa shape index (κ2) is 7.48. The van der Waals surface area contributed by atoms with Gasteiger partial charge in [0.25, 0.3) is 5.91 Å². The Morgan fingerprint density at radius 1 is 1.20 bits per heavy atom. The predicted molar refractivity (Wildman–Crippen MR) is 93.4 cm³/mol. The van der Waals surface area contributed by atoms with Crippen LogP contribution in [-0.4, -0.2) is 40.4 Å². The Kier molecular flexibility index (Phi) is 5.14. The standard InChI is InChI=1S/C18H18N2O4S/c21-16(5-7-19-17(22)14-6-8-25-11-14)20-10-13-4-2-1-3-12(13)9-15(20)18(23)24/h1-4,6,8,11,15H,5,7,9-10H2,(H,19,22)(H,23,24). The quantitative estimate of drug-likeness (QED) is 0.855. The largest absolute Gasteiger partial charge is 0.480 e. The number of hydrogen-bond acceptors (Lipinski definition) is 4. The second-order valence-electron chi connectivity index (χ2n) is 5.87. The van der Waals surface area contributed by atoms with Crippen molar-refractivity contribution in [3.8, 4) is 0 Å². The van der Waals surface area contributed by atoms with Crippen molar-refractivity contribution in [2.24, 2.45) is 0 Å². The third-order valence-electron chi connectivity index (χ3n) is 4.26. The molecule has 1 aromatic carbocycles. The van der Waals surface area contributed by atoms with E-state index in [-0.39, 0.29) is 31.3 Å². The first kappa shape index (κ1) is 17.2. The molecule has 0 fully saturated rings. The number of amides is 2. The second-order valence-corrected chi connectivity index (χ2v) is 6.65. The van der Waals surface area contributed by atoms with E-state index in [0.29, 0.717) is 12.0 Å². The molecule has 0 spiro atoms. The van der Waals surface area contributed by atoms with Crippen LogP contribution >= 0.6 is 11.3 Å². The number of carbonyl (C=O) groups is 3. The average Bonchev–Trinajstić information content (AvgIpc) is 3.15. The van der Waals surface area contributed by atoms with Gasteiger partial charge in [0.05, 0.1) is 0 Å². The highest BCUT2D eigenvalue weighted by molar-refractivity contribution is 7.08. The first-order chi connectivity index (χ1) is 12.1. The molecular weight excluding hydrogens is 340 g/mol. The van der Waals surface area contributed by atoms with Crippen LogP contribution < -0.4 is 5.32 Å². The molecule has 1 aromatic heterocycles. The van der Waals surface area contributed by atoms with Gasteiger partial charge >= 0.3 is 5.97 Å². The molecule has 2 aromatic rings. The van der Waals surface area contributed by atoms with E-state index in [0.717, 1.165) is 11.1 Å². The number of nitrogens with zero attached hydrogens (tertiary/aromatic N) is 1. The van der Waals surface area contributed by atoms with E-state index in [1.165, 1.54) is 16.2 Å². The number of carboxylic acids is 1. The molecule has 2 amide bonds. The molecule has 6 nitrogen and oxygen atoms in total. The Bertz CT molecular complexity index is 788. The van der Waals surface area contributed by atoms with Crippen molar-refractivity contribution in [1.29, 1.82) is 0 Å². The Morgan fingerprint density at radius 3 is 2.64 bits per heavy atom. The Labute approximate surface area is 149 Å². The van der Waals surface area contributed by atoms with Gasteiger partial charge in [-0.2, -0.15) is 11.3 Å². The van der Waals surface area contributed by atoms with E-state index < -0.39 is 12.0 Å². The molecule has 3 rings (SSSR count). The Morgan fingerprint density at radius 2 is 1.96 bits per heavy atom. The lowest BCUT2D eigenvalue weighted by atomic mass is 9.93. The summed E-state index contributed by atoms with van der Waals surface area (Å²) < 4.78 is 0. The van der Waals surface area contributed by atoms with Gasteiger partial charge in [-0.05, 0) is 22.6 Å². The maximum absolute atomic E-state index is 12.5. The molecule has 2 N–H and O–H groups in total. The number of carbonyl (C=O) groups excluding carboxylic acids is 2. The molecule has 2 heterocycles. The number of carboxylic acid groups (broad SMARTS) is 1. The van der Waals surface area contributed by atoms with Crippen molar-refractivity contribution in [2.45, 2.75) is 25.4 Å². The van der Waals surface area contributed by atoms with Crippen molar-refractivity contribution in [1.82, 2.24) is 10.2 Å². The summed E-state index contributed by atoms with van der Waals surface area (Å²) in [4.78, 5) is 37.3. The topological polar surface area (TPSA) is 86.7 Å². The zero-order valence-electron chi connectivity index (χ0n) is 13.5. The van der Waals surface area contributed by atoms with Gasteiger partial charge in [0.2, 0.25) is 5.91 Å². The van der Waals surface area contributed by atoms with Gasteiger partial charge in [-0.3, -0.25) is 9.59 Å². The van der Waals surface area contributed by atoms with Crippen LogP contribution in [0.15, 0.2) is 41.1 Å². The summed E-state index contributed by atoms with van der Waals surface area (Å²) in [5.41, 5.74) is 2.49. The number of aliphatic carboxylic acids is 1. The fraction of sp³-hybridized carbons (Fsp3) is 0.278. The summed E-state index contributed by atoms with van der Waals surface area (Å²) in [6.07, 6.45) is 0.375. The highest BCUT2D eigenvalue weighted by Crippen LogP contribution is 2.24. The third-order valence-corrected chi connectivity index (χ3v) is 4.94. The number of thiophene rings is 1. The molecule has 0 bridgehead atoms. The van der Waals surface area contributed by atoms with Crippen molar-refractivity contribution < 1.29 is 19.5 Å². The summed E-state index contributed by atoms with van der Waals surface area (Å²) in [6.45, 7) is 0.461. The minimum atomic E-state index is -1.01. The van der Waals surface area contributed by atoms with E-state index >= 15 is 0 Å². The molecule has 1 unspecified atom stereocenters. The van der Waals surface area contributed by atoms with Crippen molar-refractivity contribution in [3.05, 3.63) is 57.8 Å². The number of nitrogens with one attached hydrogen (secondary N) is 1. The van der Waals surface area contributed by atoms with E-state index in [4.69, 9.17) is 0 Å². The van der Waals surface area contributed by atoms with Crippen LogP contribution in [0.3, 0.4) is 0 Å².